The van der Waals surface area contributed by atoms with Gasteiger partial charge in [0, 0.05) is 31.2 Å². The fourth-order valence-corrected chi connectivity index (χ4v) is 1.68. The molecule has 0 spiro atoms. The van der Waals surface area contributed by atoms with Crippen molar-refractivity contribution in [3.05, 3.63) is 34.4 Å². The van der Waals surface area contributed by atoms with Crippen LogP contribution in [0.4, 0.5) is 11.4 Å². The molecule has 0 aliphatic carbocycles. The molecular formula is C13H15N3O6. The minimum atomic E-state index is -1.08. The number of carbonyl (C=O) groups is 3. The van der Waals surface area contributed by atoms with Crippen molar-refractivity contribution in [2.45, 2.75) is 25.8 Å². The van der Waals surface area contributed by atoms with E-state index in [0.29, 0.717) is 5.69 Å². The third kappa shape index (κ3) is 5.57. The molecule has 0 aliphatic heterocycles. The van der Waals surface area contributed by atoms with Crippen LogP contribution in [0.2, 0.25) is 0 Å². The maximum atomic E-state index is 12.0. The first-order chi connectivity index (χ1) is 10.3. The van der Waals surface area contributed by atoms with E-state index in [0.717, 1.165) is 0 Å². The summed E-state index contributed by atoms with van der Waals surface area (Å²) in [6.45, 7) is 1.22. The van der Waals surface area contributed by atoms with Crippen LogP contribution in [0.15, 0.2) is 24.3 Å². The van der Waals surface area contributed by atoms with Crippen LogP contribution in [0.1, 0.15) is 19.8 Å². The van der Waals surface area contributed by atoms with Gasteiger partial charge in [0.15, 0.2) is 0 Å². The molecule has 118 valence electrons. The van der Waals surface area contributed by atoms with Gasteiger partial charge in [-0.3, -0.25) is 24.5 Å². The highest BCUT2D eigenvalue weighted by molar-refractivity contribution is 5.97. The van der Waals surface area contributed by atoms with E-state index in [-0.39, 0.29) is 18.5 Å². The van der Waals surface area contributed by atoms with Crippen LogP contribution in [0, 0.1) is 10.1 Å². The highest BCUT2D eigenvalue weighted by Gasteiger charge is 2.20. The van der Waals surface area contributed by atoms with Gasteiger partial charge >= 0.3 is 5.97 Å². The van der Waals surface area contributed by atoms with Gasteiger partial charge in [0.1, 0.15) is 6.04 Å². The predicted octanol–water partition coefficient (Wildman–Crippen LogP) is 0.903. The number of nitro benzene ring substituents is 1. The van der Waals surface area contributed by atoms with Crippen molar-refractivity contribution >= 4 is 29.2 Å². The van der Waals surface area contributed by atoms with Crippen LogP contribution in [0.3, 0.4) is 0 Å². The Hall–Kier alpha value is -2.97. The van der Waals surface area contributed by atoms with Crippen LogP contribution >= 0.6 is 0 Å². The first-order valence-electron chi connectivity index (χ1n) is 6.34. The van der Waals surface area contributed by atoms with E-state index < -0.39 is 28.7 Å². The van der Waals surface area contributed by atoms with Gasteiger partial charge in [-0.05, 0) is 18.6 Å². The summed E-state index contributed by atoms with van der Waals surface area (Å²) < 4.78 is 0. The van der Waals surface area contributed by atoms with Crippen molar-refractivity contribution in [1.29, 1.82) is 0 Å². The molecule has 0 heterocycles. The molecule has 0 bridgehead atoms. The van der Waals surface area contributed by atoms with Gasteiger partial charge in [0.05, 0.1) is 4.92 Å². The lowest BCUT2D eigenvalue weighted by molar-refractivity contribution is -0.384. The lowest BCUT2D eigenvalue weighted by Gasteiger charge is -2.16. The fourth-order valence-electron chi connectivity index (χ4n) is 1.68. The topological polar surface area (TPSA) is 139 Å². The molecule has 1 aromatic rings. The number of carboxylic acid groups (broad SMARTS) is 1. The molecule has 0 saturated carbocycles. The summed E-state index contributed by atoms with van der Waals surface area (Å²) in [5.74, 6) is -2.14. The average Bonchev–Trinajstić information content (AvgIpc) is 2.43. The number of carboxylic acids is 1. The number of amides is 2. The van der Waals surface area contributed by atoms with Crippen LogP contribution in [-0.2, 0) is 14.4 Å². The third-order valence-electron chi connectivity index (χ3n) is 2.69. The molecule has 0 fully saturated rings. The van der Waals surface area contributed by atoms with E-state index in [1.54, 1.807) is 0 Å². The Morgan fingerprint density at radius 2 is 1.86 bits per heavy atom. The van der Waals surface area contributed by atoms with Gasteiger partial charge in [-0.15, -0.1) is 0 Å². The lowest BCUT2D eigenvalue weighted by atomic mass is 10.1. The number of nitro groups is 1. The van der Waals surface area contributed by atoms with Crippen molar-refractivity contribution in [1.82, 2.24) is 5.32 Å². The summed E-state index contributed by atoms with van der Waals surface area (Å²) >= 11 is 0. The number of hydrogen-bond donors (Lipinski definition) is 3. The molecule has 9 heteroatoms. The Morgan fingerprint density at radius 1 is 1.27 bits per heavy atom. The maximum absolute atomic E-state index is 12.0. The summed E-state index contributed by atoms with van der Waals surface area (Å²) in [6, 6.07) is 4.14. The standard InChI is InChI=1S/C13H15N3O6/c1-8(17)14-11(6-7-12(18)19)13(20)15-9-2-4-10(5-3-9)16(21)22/h2-5,11H,6-7H2,1H3,(H,14,17)(H,15,20)(H,18,19)/t11-/m1/s1. The van der Waals surface area contributed by atoms with Crippen LogP contribution < -0.4 is 10.6 Å². The van der Waals surface area contributed by atoms with E-state index in [4.69, 9.17) is 5.11 Å². The Balaban J connectivity index is 2.74. The lowest BCUT2D eigenvalue weighted by Crippen LogP contribution is -2.43. The predicted molar refractivity (Wildman–Crippen MR) is 76.2 cm³/mol. The molecule has 22 heavy (non-hydrogen) atoms. The summed E-state index contributed by atoms with van der Waals surface area (Å²) in [5.41, 5.74) is 0.184. The number of non-ortho nitro benzene ring substituents is 1. The van der Waals surface area contributed by atoms with Gasteiger partial charge in [-0.2, -0.15) is 0 Å². The zero-order valence-corrected chi connectivity index (χ0v) is 11.7. The quantitative estimate of drug-likeness (QED) is 0.505. The van der Waals surface area contributed by atoms with Gasteiger partial charge in [-0.1, -0.05) is 0 Å². The van der Waals surface area contributed by atoms with E-state index in [1.807, 2.05) is 0 Å². The summed E-state index contributed by atoms with van der Waals surface area (Å²) in [4.78, 5) is 43.6. The summed E-state index contributed by atoms with van der Waals surface area (Å²) in [7, 11) is 0. The second-order valence-electron chi connectivity index (χ2n) is 4.48. The maximum Gasteiger partial charge on any atom is 0.303 e. The highest BCUT2D eigenvalue weighted by Crippen LogP contribution is 2.15. The number of nitrogens with zero attached hydrogens (tertiary/aromatic N) is 1. The second-order valence-corrected chi connectivity index (χ2v) is 4.48. The molecule has 0 unspecified atom stereocenters. The van der Waals surface area contributed by atoms with Crippen molar-refractivity contribution in [2.24, 2.45) is 0 Å². The Bertz CT molecular complexity index is 584. The smallest absolute Gasteiger partial charge is 0.303 e. The zero-order valence-electron chi connectivity index (χ0n) is 11.7. The molecule has 1 atom stereocenters. The van der Waals surface area contributed by atoms with Crippen LogP contribution in [-0.4, -0.2) is 33.9 Å². The largest absolute Gasteiger partial charge is 0.481 e. The van der Waals surface area contributed by atoms with E-state index in [9.17, 15) is 24.5 Å². The Morgan fingerprint density at radius 3 is 2.32 bits per heavy atom. The van der Waals surface area contributed by atoms with E-state index in [1.165, 1.54) is 31.2 Å². The average molecular weight is 309 g/mol. The minimum absolute atomic E-state index is 0.0618. The first-order valence-corrected chi connectivity index (χ1v) is 6.34. The van der Waals surface area contributed by atoms with Gasteiger partial charge < -0.3 is 15.7 Å². The first kappa shape index (κ1) is 17.1. The number of rotatable bonds is 7. The molecule has 0 saturated heterocycles. The van der Waals surface area contributed by atoms with Gasteiger partial charge in [0.25, 0.3) is 5.69 Å². The van der Waals surface area contributed by atoms with Crippen molar-refractivity contribution < 1.29 is 24.4 Å². The van der Waals surface area contributed by atoms with Crippen LogP contribution in [0.5, 0.6) is 0 Å². The number of anilines is 1. The van der Waals surface area contributed by atoms with E-state index >= 15 is 0 Å². The summed E-state index contributed by atoms with van der Waals surface area (Å²) in [5, 5.41) is 24.0. The molecule has 1 aromatic carbocycles. The third-order valence-corrected chi connectivity index (χ3v) is 2.69. The van der Waals surface area contributed by atoms with Crippen LogP contribution in [0.25, 0.3) is 0 Å². The number of aliphatic carboxylic acids is 1. The van der Waals surface area contributed by atoms with Crippen molar-refractivity contribution in [3.63, 3.8) is 0 Å². The number of hydrogen-bond acceptors (Lipinski definition) is 5. The number of carbonyl (C=O) groups excluding carboxylic acids is 2. The summed E-state index contributed by atoms with van der Waals surface area (Å²) in [6.07, 6.45) is -0.341. The molecule has 1 rings (SSSR count). The zero-order chi connectivity index (χ0) is 16.7. The molecule has 2 amide bonds. The molecular weight excluding hydrogens is 294 g/mol. The Labute approximate surface area is 125 Å². The molecule has 9 nitrogen and oxygen atoms in total. The van der Waals surface area contributed by atoms with Crippen molar-refractivity contribution in [2.75, 3.05) is 5.32 Å². The van der Waals surface area contributed by atoms with Gasteiger partial charge in [0.2, 0.25) is 11.8 Å². The molecule has 0 aliphatic rings. The van der Waals surface area contributed by atoms with Gasteiger partial charge in [-0.25, -0.2) is 0 Å². The monoisotopic (exact) mass is 309 g/mol. The number of benzene rings is 1. The fraction of sp³-hybridized carbons (Fsp3) is 0.308. The van der Waals surface area contributed by atoms with E-state index in [2.05, 4.69) is 10.6 Å². The Kier molecular flexibility index (Phi) is 5.99. The highest BCUT2D eigenvalue weighted by atomic mass is 16.6. The SMILES string of the molecule is CC(=O)N[C@H](CCC(=O)O)C(=O)Nc1ccc([N+](=O)[O-])cc1. The molecule has 0 aromatic heterocycles. The second kappa shape index (κ2) is 7.72. The minimum Gasteiger partial charge on any atom is -0.481 e. The normalized spacial score (nSPS) is 11.3. The number of nitrogens with one attached hydrogen (secondary N) is 2. The van der Waals surface area contributed by atoms with Crippen molar-refractivity contribution in [3.8, 4) is 0 Å². The molecule has 0 radical (unpaired) electrons. The molecule has 3 N–H and O–H groups in total.